The number of nitrogens with zero attached hydrogens (tertiary/aromatic N) is 3. The largest absolute Gasteiger partial charge is 0.322 e. The molecule has 1 heterocycles. The summed E-state index contributed by atoms with van der Waals surface area (Å²) in [5, 5.41) is 19.9. The molecule has 4 aromatic rings. The van der Waals surface area contributed by atoms with Crippen molar-refractivity contribution in [3.63, 3.8) is 0 Å². The molecule has 4 rings (SSSR count). The van der Waals surface area contributed by atoms with Crippen molar-refractivity contribution in [2.24, 2.45) is 0 Å². The first kappa shape index (κ1) is 22.6. The summed E-state index contributed by atoms with van der Waals surface area (Å²) in [6.07, 6.45) is 3.11. The van der Waals surface area contributed by atoms with Crippen LogP contribution in [-0.4, -0.2) is 26.5 Å². The first-order valence-corrected chi connectivity index (χ1v) is 10.2. The summed E-state index contributed by atoms with van der Waals surface area (Å²) in [4.78, 5) is 35.8. The Balaban J connectivity index is 1.53. The van der Waals surface area contributed by atoms with Crippen molar-refractivity contribution in [2.75, 3.05) is 10.6 Å². The minimum atomic E-state index is -0.658. The van der Waals surface area contributed by atoms with Gasteiger partial charge in [0.15, 0.2) is 5.82 Å². The van der Waals surface area contributed by atoms with Crippen molar-refractivity contribution in [3.05, 3.63) is 111 Å². The van der Waals surface area contributed by atoms with Crippen molar-refractivity contribution < 1.29 is 18.9 Å². The van der Waals surface area contributed by atoms with Gasteiger partial charge in [-0.1, -0.05) is 23.7 Å². The lowest BCUT2D eigenvalue weighted by Gasteiger charge is -2.13. The molecule has 0 radical (unpaired) electrons. The van der Waals surface area contributed by atoms with Crippen molar-refractivity contribution in [3.8, 4) is 5.69 Å². The third kappa shape index (κ3) is 4.76. The predicted octanol–water partition coefficient (Wildman–Crippen LogP) is 5.08. The molecule has 3 aromatic carbocycles. The molecule has 2 amide bonds. The lowest BCUT2D eigenvalue weighted by molar-refractivity contribution is -0.384. The number of rotatable bonds is 6. The number of carbonyl (C=O) groups is 2. The molecule has 1 aromatic heterocycles. The molecular weight excluding hydrogens is 465 g/mol. The average Bonchev–Trinajstić information content (AvgIpc) is 3.34. The van der Waals surface area contributed by atoms with Gasteiger partial charge in [-0.05, 0) is 42.5 Å². The van der Waals surface area contributed by atoms with Crippen LogP contribution in [0.1, 0.15) is 20.7 Å². The van der Waals surface area contributed by atoms with E-state index in [0.29, 0.717) is 0 Å². The Morgan fingerprint density at radius 1 is 0.971 bits per heavy atom. The number of benzene rings is 3. The molecule has 9 nitrogen and oxygen atoms in total. The summed E-state index contributed by atoms with van der Waals surface area (Å²) in [6.45, 7) is 0. The lowest BCUT2D eigenvalue weighted by atomic mass is 10.1. The summed E-state index contributed by atoms with van der Waals surface area (Å²) in [5.74, 6) is -1.83. The highest BCUT2D eigenvalue weighted by molar-refractivity contribution is 6.34. The van der Waals surface area contributed by atoms with Crippen molar-refractivity contribution in [1.82, 2.24) is 9.78 Å². The molecule has 34 heavy (non-hydrogen) atoms. The SMILES string of the molecule is O=C(Nc1ccccc1C(=O)Nc1ccc(-n2cccn2)c(F)c1)c1ccc([N+](=O)[O-])cc1Cl. The highest BCUT2D eigenvalue weighted by Crippen LogP contribution is 2.25. The van der Waals surface area contributed by atoms with Gasteiger partial charge in [-0.15, -0.1) is 0 Å². The molecule has 0 aliphatic carbocycles. The summed E-state index contributed by atoms with van der Waals surface area (Å²) in [7, 11) is 0. The van der Waals surface area contributed by atoms with Gasteiger partial charge in [0, 0.05) is 30.2 Å². The van der Waals surface area contributed by atoms with Gasteiger partial charge >= 0.3 is 0 Å². The molecule has 0 fully saturated rings. The number of aromatic nitrogens is 2. The van der Waals surface area contributed by atoms with E-state index in [9.17, 15) is 24.1 Å². The van der Waals surface area contributed by atoms with Crippen molar-refractivity contribution in [1.29, 1.82) is 0 Å². The van der Waals surface area contributed by atoms with Crippen LogP contribution in [0.15, 0.2) is 79.1 Å². The van der Waals surface area contributed by atoms with Gasteiger partial charge in [-0.25, -0.2) is 9.07 Å². The molecule has 0 aliphatic heterocycles. The molecule has 0 unspecified atom stereocenters. The van der Waals surface area contributed by atoms with Gasteiger partial charge in [0.25, 0.3) is 17.5 Å². The Labute approximate surface area is 196 Å². The molecule has 0 aliphatic rings. The number of amides is 2. The van der Waals surface area contributed by atoms with Crippen LogP contribution >= 0.6 is 11.6 Å². The van der Waals surface area contributed by atoms with Crippen LogP contribution in [0.5, 0.6) is 0 Å². The highest BCUT2D eigenvalue weighted by atomic mass is 35.5. The summed E-state index contributed by atoms with van der Waals surface area (Å²) in [6, 6.07) is 15.5. The van der Waals surface area contributed by atoms with Crippen LogP contribution in [0.4, 0.5) is 21.5 Å². The van der Waals surface area contributed by atoms with Gasteiger partial charge in [0.05, 0.1) is 26.8 Å². The summed E-state index contributed by atoms with van der Waals surface area (Å²) >= 11 is 6.02. The quantitative estimate of drug-likeness (QED) is 0.295. The van der Waals surface area contributed by atoms with Gasteiger partial charge in [-0.3, -0.25) is 19.7 Å². The predicted molar refractivity (Wildman–Crippen MR) is 124 cm³/mol. The number of nitro groups is 1. The molecule has 170 valence electrons. The van der Waals surface area contributed by atoms with E-state index in [1.54, 1.807) is 24.4 Å². The van der Waals surface area contributed by atoms with E-state index in [-0.39, 0.29) is 38.9 Å². The molecule has 0 saturated heterocycles. The number of carbonyl (C=O) groups excluding carboxylic acids is 2. The fraction of sp³-hybridized carbons (Fsp3) is 0. The maximum Gasteiger partial charge on any atom is 0.270 e. The van der Waals surface area contributed by atoms with Crippen LogP contribution in [-0.2, 0) is 0 Å². The van der Waals surface area contributed by atoms with E-state index in [2.05, 4.69) is 15.7 Å². The number of para-hydroxylation sites is 1. The zero-order valence-electron chi connectivity index (χ0n) is 17.2. The van der Waals surface area contributed by atoms with E-state index < -0.39 is 22.6 Å². The molecular formula is C23H15ClFN5O4. The Morgan fingerprint density at radius 3 is 2.41 bits per heavy atom. The summed E-state index contributed by atoms with van der Waals surface area (Å²) < 4.78 is 15.9. The molecule has 0 atom stereocenters. The lowest BCUT2D eigenvalue weighted by Crippen LogP contribution is -2.18. The maximum atomic E-state index is 14.5. The number of halogens is 2. The highest BCUT2D eigenvalue weighted by Gasteiger charge is 2.18. The number of anilines is 2. The zero-order valence-corrected chi connectivity index (χ0v) is 18.0. The molecule has 0 saturated carbocycles. The molecule has 0 spiro atoms. The third-order valence-corrected chi connectivity index (χ3v) is 5.10. The molecule has 0 bridgehead atoms. The number of nitrogens with one attached hydrogen (secondary N) is 2. The number of hydrogen-bond donors (Lipinski definition) is 2. The zero-order chi connectivity index (χ0) is 24.2. The standard InChI is InChI=1S/C23H15ClFN5O4/c24-18-13-15(30(33)34)7-8-16(18)22(31)28-20-5-2-1-4-17(20)23(32)27-14-6-9-21(19(25)12-14)29-11-3-10-26-29/h1-13H,(H,27,32)(H,28,31). The monoisotopic (exact) mass is 479 g/mol. The van der Waals surface area contributed by atoms with Gasteiger partial charge in [-0.2, -0.15) is 5.10 Å². The van der Waals surface area contributed by atoms with Gasteiger partial charge in [0.2, 0.25) is 0 Å². The van der Waals surface area contributed by atoms with Crippen LogP contribution in [0.2, 0.25) is 5.02 Å². The average molecular weight is 480 g/mol. The van der Waals surface area contributed by atoms with E-state index >= 15 is 0 Å². The Kier molecular flexibility index (Phi) is 6.33. The van der Waals surface area contributed by atoms with Crippen LogP contribution < -0.4 is 10.6 Å². The van der Waals surface area contributed by atoms with Crippen LogP contribution in [0.3, 0.4) is 0 Å². The van der Waals surface area contributed by atoms with Gasteiger partial charge < -0.3 is 10.6 Å². The van der Waals surface area contributed by atoms with E-state index in [0.717, 1.165) is 18.2 Å². The second-order valence-electron chi connectivity index (χ2n) is 6.99. The smallest absolute Gasteiger partial charge is 0.270 e. The molecule has 11 heteroatoms. The van der Waals surface area contributed by atoms with E-state index in [1.165, 1.54) is 41.2 Å². The topological polar surface area (TPSA) is 119 Å². The summed E-state index contributed by atoms with van der Waals surface area (Å²) in [5.41, 5.74) is 0.456. The van der Waals surface area contributed by atoms with E-state index in [1.807, 2.05) is 0 Å². The first-order chi connectivity index (χ1) is 16.3. The number of hydrogen-bond acceptors (Lipinski definition) is 5. The normalized spacial score (nSPS) is 10.5. The Morgan fingerprint density at radius 2 is 1.74 bits per heavy atom. The van der Waals surface area contributed by atoms with Crippen molar-refractivity contribution in [2.45, 2.75) is 0 Å². The second-order valence-corrected chi connectivity index (χ2v) is 7.40. The molecule has 2 N–H and O–H groups in total. The minimum absolute atomic E-state index is 0.00115. The maximum absolute atomic E-state index is 14.5. The minimum Gasteiger partial charge on any atom is -0.322 e. The second kappa shape index (κ2) is 9.51. The first-order valence-electron chi connectivity index (χ1n) is 9.79. The Bertz CT molecular complexity index is 1410. The Hall–Kier alpha value is -4.57. The van der Waals surface area contributed by atoms with Gasteiger partial charge in [0.1, 0.15) is 5.69 Å². The third-order valence-electron chi connectivity index (χ3n) is 4.78. The van der Waals surface area contributed by atoms with E-state index in [4.69, 9.17) is 11.6 Å². The van der Waals surface area contributed by atoms with Crippen molar-refractivity contribution >= 4 is 40.5 Å². The number of nitro benzene ring substituents is 1. The van der Waals surface area contributed by atoms with Crippen LogP contribution in [0, 0.1) is 15.9 Å². The van der Waals surface area contributed by atoms with Crippen LogP contribution in [0.25, 0.3) is 5.69 Å². The fourth-order valence-corrected chi connectivity index (χ4v) is 3.42. The number of non-ortho nitro benzene ring substituents is 1. The fourth-order valence-electron chi connectivity index (χ4n) is 3.16.